The largest absolute Gasteiger partial charge is 0.381 e. The summed E-state index contributed by atoms with van der Waals surface area (Å²) in [5.41, 5.74) is 1.69. The first kappa shape index (κ1) is 14.3. The van der Waals surface area contributed by atoms with Gasteiger partial charge in [-0.25, -0.2) is 0 Å². The normalized spacial score (nSPS) is 22.5. The molecule has 2 unspecified atom stereocenters. The Morgan fingerprint density at radius 1 is 1.47 bits per heavy atom. The number of nitrogens with zero attached hydrogens (tertiary/aromatic N) is 1. The predicted octanol–water partition coefficient (Wildman–Crippen LogP) is 4.66. The third-order valence-corrected chi connectivity index (χ3v) is 4.66. The molecule has 0 aliphatic heterocycles. The molecule has 5 heteroatoms. The summed E-state index contributed by atoms with van der Waals surface area (Å²) in [6, 6.07) is 3.89. The molecule has 0 heterocycles. The van der Waals surface area contributed by atoms with E-state index in [1.807, 2.05) is 6.07 Å². The Kier molecular flexibility index (Phi) is 4.45. The molecule has 0 aromatic heterocycles. The van der Waals surface area contributed by atoms with Gasteiger partial charge in [0.05, 0.1) is 10.6 Å². The smallest absolute Gasteiger partial charge is 0.274 e. The maximum absolute atomic E-state index is 11.0. The lowest BCUT2D eigenvalue weighted by Gasteiger charge is -2.21. The lowest BCUT2D eigenvalue weighted by atomic mass is 10.0. The third kappa shape index (κ3) is 3.08. The number of nitro groups is 1. The summed E-state index contributed by atoms with van der Waals surface area (Å²) < 4.78 is 0.900. The van der Waals surface area contributed by atoms with Crippen molar-refractivity contribution in [1.82, 2.24) is 0 Å². The maximum atomic E-state index is 11.0. The Labute approximate surface area is 121 Å². The molecule has 0 spiro atoms. The highest BCUT2D eigenvalue weighted by atomic mass is 79.9. The van der Waals surface area contributed by atoms with Crippen molar-refractivity contribution in [3.63, 3.8) is 0 Å². The number of rotatable bonds is 4. The van der Waals surface area contributed by atoms with Crippen LogP contribution in [0.5, 0.6) is 0 Å². The van der Waals surface area contributed by atoms with Crippen molar-refractivity contribution < 1.29 is 4.92 Å². The van der Waals surface area contributed by atoms with E-state index in [9.17, 15) is 10.1 Å². The number of hydrogen-bond donors (Lipinski definition) is 1. The predicted molar refractivity (Wildman–Crippen MR) is 80.6 cm³/mol. The molecule has 1 aliphatic rings. The average Bonchev–Trinajstić information content (AvgIpc) is 2.79. The number of benzene rings is 1. The zero-order valence-corrected chi connectivity index (χ0v) is 12.9. The van der Waals surface area contributed by atoms with Crippen LogP contribution in [0.15, 0.2) is 16.6 Å². The Morgan fingerprint density at radius 2 is 2.21 bits per heavy atom. The molecule has 19 heavy (non-hydrogen) atoms. The number of hydrogen-bond acceptors (Lipinski definition) is 3. The molecule has 0 amide bonds. The molecule has 0 radical (unpaired) electrons. The molecule has 2 rings (SSSR count). The van der Waals surface area contributed by atoms with Gasteiger partial charge in [-0.05, 0) is 47.7 Å². The Morgan fingerprint density at radius 3 is 2.84 bits per heavy atom. The summed E-state index contributed by atoms with van der Waals surface area (Å²) in [7, 11) is 0. The second kappa shape index (κ2) is 5.90. The van der Waals surface area contributed by atoms with Gasteiger partial charge in [-0.2, -0.15) is 0 Å². The van der Waals surface area contributed by atoms with E-state index < -0.39 is 0 Å². The summed E-state index contributed by atoms with van der Waals surface area (Å²) in [6.45, 7) is 3.97. The van der Waals surface area contributed by atoms with Gasteiger partial charge in [0.1, 0.15) is 0 Å². The lowest BCUT2D eigenvalue weighted by Crippen LogP contribution is -2.23. The number of aryl methyl sites for hydroxylation is 1. The SMILES string of the molecule is CCC1CCCC1Nc1cc([N+](=O)[O-])c(C)cc1Br. The molecule has 104 valence electrons. The van der Waals surface area contributed by atoms with Crippen LogP contribution in [0.3, 0.4) is 0 Å². The topological polar surface area (TPSA) is 55.2 Å². The van der Waals surface area contributed by atoms with Gasteiger partial charge in [0.2, 0.25) is 0 Å². The van der Waals surface area contributed by atoms with Crippen molar-refractivity contribution in [3.8, 4) is 0 Å². The lowest BCUT2D eigenvalue weighted by molar-refractivity contribution is -0.385. The number of nitrogens with one attached hydrogen (secondary N) is 1. The number of halogens is 1. The van der Waals surface area contributed by atoms with Crippen molar-refractivity contribution in [2.24, 2.45) is 5.92 Å². The third-order valence-electron chi connectivity index (χ3n) is 4.01. The molecular weight excluding hydrogens is 308 g/mol. The molecular formula is C14H19BrN2O2. The molecule has 2 atom stereocenters. The fourth-order valence-corrected chi connectivity index (χ4v) is 3.46. The van der Waals surface area contributed by atoms with E-state index in [-0.39, 0.29) is 10.6 Å². The molecule has 0 saturated heterocycles. The number of anilines is 1. The van der Waals surface area contributed by atoms with Crippen LogP contribution in [0.4, 0.5) is 11.4 Å². The Hall–Kier alpha value is -1.10. The first-order valence-electron chi connectivity index (χ1n) is 6.74. The minimum atomic E-state index is -0.321. The van der Waals surface area contributed by atoms with E-state index in [1.54, 1.807) is 13.0 Å². The van der Waals surface area contributed by atoms with Crippen LogP contribution in [0.2, 0.25) is 0 Å². The van der Waals surface area contributed by atoms with E-state index >= 15 is 0 Å². The average molecular weight is 327 g/mol. The van der Waals surface area contributed by atoms with E-state index in [2.05, 4.69) is 28.2 Å². The van der Waals surface area contributed by atoms with Gasteiger partial charge in [0.15, 0.2) is 0 Å². The van der Waals surface area contributed by atoms with Crippen LogP contribution >= 0.6 is 15.9 Å². The Bertz CT molecular complexity index is 491. The van der Waals surface area contributed by atoms with E-state index in [4.69, 9.17) is 0 Å². The van der Waals surface area contributed by atoms with Gasteiger partial charge in [0, 0.05) is 22.1 Å². The van der Waals surface area contributed by atoms with Crippen LogP contribution in [0.1, 0.15) is 38.2 Å². The summed E-state index contributed by atoms with van der Waals surface area (Å²) in [6.07, 6.45) is 4.79. The molecule has 1 N–H and O–H groups in total. The highest BCUT2D eigenvalue weighted by molar-refractivity contribution is 9.10. The van der Waals surface area contributed by atoms with Crippen LogP contribution in [-0.4, -0.2) is 11.0 Å². The number of nitro benzene ring substituents is 1. The first-order valence-corrected chi connectivity index (χ1v) is 7.53. The minimum absolute atomic E-state index is 0.178. The second-order valence-corrected chi connectivity index (χ2v) is 6.08. The monoisotopic (exact) mass is 326 g/mol. The van der Waals surface area contributed by atoms with E-state index in [1.165, 1.54) is 12.8 Å². The van der Waals surface area contributed by atoms with Crippen molar-refractivity contribution in [3.05, 3.63) is 32.3 Å². The summed E-state index contributed by atoms with van der Waals surface area (Å²) >= 11 is 3.49. The first-order chi connectivity index (χ1) is 9.02. The molecule has 1 fully saturated rings. The van der Waals surface area contributed by atoms with Gasteiger partial charge in [0.25, 0.3) is 5.69 Å². The summed E-state index contributed by atoms with van der Waals surface area (Å²) in [5, 5.41) is 14.5. The standard InChI is InChI=1S/C14H19BrN2O2/c1-3-10-5-4-6-12(10)16-13-8-14(17(18)19)9(2)7-11(13)15/h7-8,10,12,16H,3-6H2,1-2H3. The minimum Gasteiger partial charge on any atom is -0.381 e. The van der Waals surface area contributed by atoms with Gasteiger partial charge in [-0.3, -0.25) is 10.1 Å². The van der Waals surface area contributed by atoms with Crippen molar-refractivity contribution in [1.29, 1.82) is 0 Å². The van der Waals surface area contributed by atoms with E-state index in [0.29, 0.717) is 17.5 Å². The summed E-state index contributed by atoms with van der Waals surface area (Å²) in [5.74, 6) is 0.673. The highest BCUT2D eigenvalue weighted by Crippen LogP contribution is 2.35. The molecule has 4 nitrogen and oxygen atoms in total. The van der Waals surface area contributed by atoms with Crippen molar-refractivity contribution in [2.75, 3.05) is 5.32 Å². The van der Waals surface area contributed by atoms with Crippen LogP contribution in [0, 0.1) is 23.0 Å². The fraction of sp³-hybridized carbons (Fsp3) is 0.571. The van der Waals surface area contributed by atoms with Gasteiger partial charge in [-0.1, -0.05) is 19.8 Å². The van der Waals surface area contributed by atoms with Gasteiger partial charge in [-0.15, -0.1) is 0 Å². The zero-order chi connectivity index (χ0) is 14.0. The van der Waals surface area contributed by atoms with Crippen LogP contribution < -0.4 is 5.32 Å². The highest BCUT2D eigenvalue weighted by Gasteiger charge is 2.26. The zero-order valence-electron chi connectivity index (χ0n) is 11.3. The summed E-state index contributed by atoms with van der Waals surface area (Å²) in [4.78, 5) is 10.7. The van der Waals surface area contributed by atoms with Gasteiger partial charge >= 0.3 is 0 Å². The van der Waals surface area contributed by atoms with Gasteiger partial charge < -0.3 is 5.32 Å². The molecule has 1 aliphatic carbocycles. The van der Waals surface area contributed by atoms with Crippen LogP contribution in [-0.2, 0) is 0 Å². The maximum Gasteiger partial charge on any atom is 0.274 e. The second-order valence-electron chi connectivity index (χ2n) is 5.23. The van der Waals surface area contributed by atoms with Crippen LogP contribution in [0.25, 0.3) is 0 Å². The molecule has 1 saturated carbocycles. The quantitative estimate of drug-likeness (QED) is 0.646. The molecule has 1 aromatic rings. The van der Waals surface area contributed by atoms with Crippen molar-refractivity contribution >= 4 is 27.3 Å². The Balaban J connectivity index is 2.24. The van der Waals surface area contributed by atoms with Crippen molar-refractivity contribution in [2.45, 2.75) is 45.6 Å². The van der Waals surface area contributed by atoms with E-state index in [0.717, 1.165) is 23.0 Å². The molecule has 0 bridgehead atoms. The fourth-order valence-electron chi connectivity index (χ4n) is 2.88. The molecule has 1 aromatic carbocycles.